The molecule has 6 heteroatoms. The van der Waals surface area contributed by atoms with Crippen LogP contribution in [0.3, 0.4) is 0 Å². The minimum absolute atomic E-state index is 0.0940. The van der Waals surface area contributed by atoms with Crippen molar-refractivity contribution in [1.82, 2.24) is 19.2 Å². The summed E-state index contributed by atoms with van der Waals surface area (Å²) in [5.74, 6) is 0. The van der Waals surface area contributed by atoms with E-state index in [9.17, 15) is 4.79 Å². The molecule has 0 aromatic carbocycles. The number of carbonyl (C=O) groups excluding carboxylic acids is 1. The Bertz CT molecular complexity index is 403. The molecular weight excluding hydrogens is 224 g/mol. The SMILES string of the molecule is C=CCN(S)C(=O)N1CCc2nc[nH]c2C1. The number of imidazole rings is 1. The van der Waals surface area contributed by atoms with Crippen LogP contribution in [-0.2, 0) is 13.0 Å². The summed E-state index contributed by atoms with van der Waals surface area (Å²) < 4.78 is 1.36. The normalized spacial score (nSPS) is 14.4. The fraction of sp³-hybridized carbons (Fsp3) is 0.400. The van der Waals surface area contributed by atoms with Crippen LogP contribution in [0.1, 0.15) is 11.4 Å². The first kappa shape index (κ1) is 11.1. The molecule has 0 bridgehead atoms. The molecule has 0 atom stereocenters. The number of amides is 2. The van der Waals surface area contributed by atoms with Crippen molar-refractivity contribution in [3.63, 3.8) is 0 Å². The van der Waals surface area contributed by atoms with Gasteiger partial charge in [0, 0.05) is 13.0 Å². The van der Waals surface area contributed by atoms with Crippen LogP contribution in [-0.4, -0.2) is 38.3 Å². The lowest BCUT2D eigenvalue weighted by Gasteiger charge is -2.29. The van der Waals surface area contributed by atoms with Gasteiger partial charge in [-0.2, -0.15) is 0 Å². The highest BCUT2D eigenvalue weighted by Gasteiger charge is 2.24. The summed E-state index contributed by atoms with van der Waals surface area (Å²) in [6.45, 7) is 5.27. The van der Waals surface area contributed by atoms with E-state index in [-0.39, 0.29) is 6.03 Å². The predicted octanol–water partition coefficient (Wildman–Crippen LogP) is 1.22. The number of nitrogens with zero attached hydrogens (tertiary/aromatic N) is 3. The average Bonchev–Trinajstić information content (AvgIpc) is 2.75. The van der Waals surface area contributed by atoms with Gasteiger partial charge in [0.15, 0.2) is 0 Å². The van der Waals surface area contributed by atoms with Crippen LogP contribution in [0.15, 0.2) is 19.0 Å². The van der Waals surface area contributed by atoms with E-state index in [1.165, 1.54) is 4.31 Å². The van der Waals surface area contributed by atoms with Gasteiger partial charge in [-0.25, -0.2) is 9.78 Å². The molecule has 1 aromatic heterocycles. The largest absolute Gasteiger partial charge is 0.347 e. The van der Waals surface area contributed by atoms with Crippen molar-refractivity contribution in [2.45, 2.75) is 13.0 Å². The molecule has 16 heavy (non-hydrogen) atoms. The van der Waals surface area contributed by atoms with Crippen molar-refractivity contribution in [3.05, 3.63) is 30.4 Å². The number of aromatic nitrogens is 2. The highest BCUT2D eigenvalue weighted by molar-refractivity contribution is 7.78. The molecule has 0 aliphatic carbocycles. The maximum atomic E-state index is 11.9. The number of urea groups is 1. The van der Waals surface area contributed by atoms with Crippen LogP contribution in [0, 0.1) is 0 Å². The fourth-order valence-electron chi connectivity index (χ4n) is 1.74. The Labute approximate surface area is 99.7 Å². The number of H-pyrrole nitrogens is 1. The molecule has 2 heterocycles. The first-order valence-corrected chi connectivity index (χ1v) is 5.49. The Balaban J connectivity index is 2.03. The zero-order chi connectivity index (χ0) is 11.5. The summed E-state index contributed by atoms with van der Waals surface area (Å²) in [5, 5.41) is 0. The molecule has 1 aliphatic heterocycles. The van der Waals surface area contributed by atoms with Gasteiger partial charge < -0.3 is 9.88 Å². The van der Waals surface area contributed by atoms with E-state index in [2.05, 4.69) is 29.4 Å². The molecule has 1 aliphatic rings. The smallest absolute Gasteiger partial charge is 0.330 e. The molecule has 0 fully saturated rings. The van der Waals surface area contributed by atoms with Crippen LogP contribution >= 0.6 is 12.8 Å². The van der Waals surface area contributed by atoms with Gasteiger partial charge in [-0.3, -0.25) is 4.31 Å². The Kier molecular flexibility index (Phi) is 3.19. The Morgan fingerprint density at radius 1 is 1.81 bits per heavy atom. The van der Waals surface area contributed by atoms with E-state index in [0.29, 0.717) is 19.6 Å². The third kappa shape index (κ3) is 2.06. The predicted molar refractivity (Wildman–Crippen MR) is 64.0 cm³/mol. The number of thiol groups is 1. The third-order valence-electron chi connectivity index (χ3n) is 2.57. The zero-order valence-electron chi connectivity index (χ0n) is 8.89. The van der Waals surface area contributed by atoms with E-state index < -0.39 is 0 Å². The van der Waals surface area contributed by atoms with Crippen LogP contribution in [0.5, 0.6) is 0 Å². The zero-order valence-corrected chi connectivity index (χ0v) is 9.78. The second kappa shape index (κ2) is 4.61. The number of nitrogens with one attached hydrogen (secondary N) is 1. The fourth-order valence-corrected chi connectivity index (χ4v) is 1.98. The number of aromatic amines is 1. The molecule has 0 saturated carbocycles. The molecule has 1 N–H and O–H groups in total. The monoisotopic (exact) mass is 238 g/mol. The second-order valence-electron chi connectivity index (χ2n) is 3.65. The average molecular weight is 238 g/mol. The standard InChI is InChI=1S/C10H14N4OS/c1-2-4-14(16)10(15)13-5-3-8-9(6-13)12-7-11-8/h2,7,16H,1,3-6H2,(H,11,12). The first-order valence-electron chi connectivity index (χ1n) is 5.09. The Morgan fingerprint density at radius 3 is 3.38 bits per heavy atom. The molecule has 5 nitrogen and oxygen atoms in total. The van der Waals surface area contributed by atoms with Crippen molar-refractivity contribution >= 4 is 18.8 Å². The lowest BCUT2D eigenvalue weighted by molar-refractivity contribution is 0.177. The van der Waals surface area contributed by atoms with E-state index >= 15 is 0 Å². The highest BCUT2D eigenvalue weighted by Crippen LogP contribution is 2.16. The summed E-state index contributed by atoms with van der Waals surface area (Å²) in [6, 6.07) is -0.0940. The van der Waals surface area contributed by atoms with Crippen LogP contribution in [0.25, 0.3) is 0 Å². The minimum Gasteiger partial charge on any atom is -0.347 e. The molecular formula is C10H14N4OS. The third-order valence-corrected chi connectivity index (χ3v) is 2.90. The maximum absolute atomic E-state index is 11.9. The van der Waals surface area contributed by atoms with Gasteiger partial charge in [0.05, 0.1) is 30.8 Å². The Morgan fingerprint density at radius 2 is 2.62 bits per heavy atom. The van der Waals surface area contributed by atoms with E-state index in [0.717, 1.165) is 17.8 Å². The van der Waals surface area contributed by atoms with Crippen LogP contribution in [0.2, 0.25) is 0 Å². The molecule has 2 amide bonds. The van der Waals surface area contributed by atoms with Crippen molar-refractivity contribution in [1.29, 1.82) is 0 Å². The Hall–Kier alpha value is -1.43. The second-order valence-corrected chi connectivity index (χ2v) is 4.14. The van der Waals surface area contributed by atoms with Gasteiger partial charge in [-0.15, -0.1) is 6.58 Å². The molecule has 0 unspecified atom stereocenters. The lowest BCUT2D eigenvalue weighted by atomic mass is 10.1. The lowest BCUT2D eigenvalue weighted by Crippen LogP contribution is -2.41. The number of hydrogen-bond donors (Lipinski definition) is 2. The quantitative estimate of drug-likeness (QED) is 0.601. The summed E-state index contributed by atoms with van der Waals surface area (Å²) in [6.07, 6.45) is 4.11. The van der Waals surface area contributed by atoms with E-state index in [4.69, 9.17) is 0 Å². The highest BCUT2D eigenvalue weighted by atomic mass is 32.1. The maximum Gasteiger partial charge on any atom is 0.330 e. The molecule has 0 saturated heterocycles. The molecule has 2 rings (SSSR count). The topological polar surface area (TPSA) is 52.2 Å². The number of fused-ring (bicyclic) bond motifs is 1. The minimum atomic E-state index is -0.0940. The summed E-state index contributed by atoms with van der Waals surface area (Å²) in [4.78, 5) is 20.9. The molecule has 0 radical (unpaired) electrons. The number of rotatable bonds is 2. The van der Waals surface area contributed by atoms with Gasteiger partial charge in [0.2, 0.25) is 0 Å². The molecule has 0 spiro atoms. The van der Waals surface area contributed by atoms with Gasteiger partial charge in [0.25, 0.3) is 0 Å². The van der Waals surface area contributed by atoms with Crippen molar-refractivity contribution < 1.29 is 4.79 Å². The van der Waals surface area contributed by atoms with Crippen molar-refractivity contribution in [2.75, 3.05) is 13.1 Å². The number of carbonyl (C=O) groups is 1. The van der Waals surface area contributed by atoms with E-state index in [1.807, 2.05) is 0 Å². The van der Waals surface area contributed by atoms with Crippen LogP contribution in [0.4, 0.5) is 4.79 Å². The van der Waals surface area contributed by atoms with E-state index in [1.54, 1.807) is 17.3 Å². The molecule has 1 aromatic rings. The first-order chi connectivity index (χ1) is 7.72. The molecule has 86 valence electrons. The van der Waals surface area contributed by atoms with Crippen molar-refractivity contribution in [2.24, 2.45) is 0 Å². The van der Waals surface area contributed by atoms with Gasteiger partial charge in [0.1, 0.15) is 0 Å². The van der Waals surface area contributed by atoms with Gasteiger partial charge in [-0.1, -0.05) is 18.9 Å². The number of hydrogen-bond acceptors (Lipinski definition) is 3. The summed E-state index contributed by atoms with van der Waals surface area (Å²) >= 11 is 4.12. The van der Waals surface area contributed by atoms with Gasteiger partial charge in [-0.05, 0) is 0 Å². The summed E-state index contributed by atoms with van der Waals surface area (Å²) in [7, 11) is 0. The van der Waals surface area contributed by atoms with Crippen LogP contribution < -0.4 is 0 Å². The summed E-state index contributed by atoms with van der Waals surface area (Å²) in [5.41, 5.74) is 2.07. The van der Waals surface area contributed by atoms with Gasteiger partial charge >= 0.3 is 6.03 Å². The van der Waals surface area contributed by atoms with Crippen molar-refractivity contribution in [3.8, 4) is 0 Å².